The minimum Gasteiger partial charge on any atom is -0.380 e. The number of pyridine rings is 1. The van der Waals surface area contributed by atoms with Gasteiger partial charge in [0, 0.05) is 52.6 Å². The number of nitrogens with one attached hydrogen (secondary N) is 1. The van der Waals surface area contributed by atoms with Crippen molar-refractivity contribution in [3.8, 4) is 0 Å². The number of methoxy groups -OCH3 is 1. The van der Waals surface area contributed by atoms with Crippen LogP contribution in [0.25, 0.3) is 0 Å². The summed E-state index contributed by atoms with van der Waals surface area (Å²) < 4.78 is 5.36. The summed E-state index contributed by atoms with van der Waals surface area (Å²) in [6, 6.07) is 4.00. The Hall–Kier alpha value is -1.70. The average Bonchev–Trinajstić information content (AvgIpc) is 3.02. The average molecular weight is 347 g/mol. The van der Waals surface area contributed by atoms with Gasteiger partial charge in [0.25, 0.3) is 0 Å². The molecule has 2 aliphatic heterocycles. The highest BCUT2D eigenvalue weighted by Gasteiger charge is 2.34. The van der Waals surface area contributed by atoms with E-state index >= 15 is 0 Å². The molecule has 2 atom stereocenters. The Bertz CT molecular complexity index is 571. The lowest BCUT2D eigenvalue weighted by atomic mass is 10.2. The van der Waals surface area contributed by atoms with E-state index < -0.39 is 0 Å². The summed E-state index contributed by atoms with van der Waals surface area (Å²) in [6.07, 6.45) is 2.76. The van der Waals surface area contributed by atoms with E-state index in [1.54, 1.807) is 7.11 Å². The summed E-state index contributed by atoms with van der Waals surface area (Å²) in [4.78, 5) is 23.7. The fraction of sp³-hybridized carbons (Fsp3) is 0.667. The number of rotatable bonds is 5. The first-order chi connectivity index (χ1) is 12.1. The van der Waals surface area contributed by atoms with E-state index in [1.165, 1.54) is 0 Å². The molecular formula is C18H29N5O2. The monoisotopic (exact) mass is 347 g/mol. The largest absolute Gasteiger partial charge is 0.380 e. The van der Waals surface area contributed by atoms with Crippen LogP contribution in [0.1, 0.15) is 12.0 Å². The molecule has 1 aromatic heterocycles. The van der Waals surface area contributed by atoms with Gasteiger partial charge in [0.2, 0.25) is 5.91 Å². The van der Waals surface area contributed by atoms with Gasteiger partial charge in [0.1, 0.15) is 5.82 Å². The zero-order chi connectivity index (χ0) is 17.8. The number of hydrogen-bond acceptors (Lipinski definition) is 6. The lowest BCUT2D eigenvalue weighted by molar-refractivity contribution is -0.125. The van der Waals surface area contributed by atoms with Gasteiger partial charge in [-0.1, -0.05) is 6.07 Å². The van der Waals surface area contributed by atoms with Crippen molar-refractivity contribution in [2.75, 3.05) is 58.8 Å². The molecule has 2 aliphatic rings. The summed E-state index contributed by atoms with van der Waals surface area (Å²) in [5, 5.41) is 3.02. The summed E-state index contributed by atoms with van der Waals surface area (Å²) in [7, 11) is 5.81. The Kier molecular flexibility index (Phi) is 5.88. The van der Waals surface area contributed by atoms with E-state index in [1.807, 2.05) is 13.2 Å². The molecule has 1 amide bonds. The first-order valence-electron chi connectivity index (χ1n) is 8.96. The molecule has 25 heavy (non-hydrogen) atoms. The molecule has 3 rings (SSSR count). The Morgan fingerprint density at radius 2 is 2.04 bits per heavy atom. The third kappa shape index (κ3) is 4.48. The van der Waals surface area contributed by atoms with Gasteiger partial charge in [-0.15, -0.1) is 0 Å². The minimum absolute atomic E-state index is 0.0604. The summed E-state index contributed by atoms with van der Waals surface area (Å²) in [5.41, 5.74) is 1.02. The predicted molar refractivity (Wildman–Crippen MR) is 97.6 cm³/mol. The van der Waals surface area contributed by atoms with Gasteiger partial charge in [-0.3, -0.25) is 9.69 Å². The molecule has 7 nitrogen and oxygen atoms in total. The Morgan fingerprint density at radius 3 is 2.64 bits per heavy atom. The molecular weight excluding hydrogens is 318 g/mol. The van der Waals surface area contributed by atoms with Crippen molar-refractivity contribution < 1.29 is 9.53 Å². The van der Waals surface area contributed by atoms with E-state index in [0.717, 1.165) is 50.5 Å². The van der Waals surface area contributed by atoms with E-state index in [2.05, 4.69) is 44.2 Å². The number of likely N-dealkylation sites (N-methyl/N-ethyl adjacent to an activating group) is 2. The van der Waals surface area contributed by atoms with Crippen molar-refractivity contribution in [1.82, 2.24) is 20.1 Å². The molecule has 0 aliphatic carbocycles. The number of piperazine rings is 1. The molecule has 0 saturated carbocycles. The van der Waals surface area contributed by atoms with Gasteiger partial charge in [-0.05, 0) is 32.1 Å². The second-order valence-electron chi connectivity index (χ2n) is 7.08. The zero-order valence-corrected chi connectivity index (χ0v) is 15.4. The Morgan fingerprint density at radius 1 is 1.28 bits per heavy atom. The molecule has 0 aromatic carbocycles. The summed E-state index contributed by atoms with van der Waals surface area (Å²) >= 11 is 0. The van der Waals surface area contributed by atoms with Crippen LogP contribution in [0, 0.1) is 0 Å². The third-order valence-corrected chi connectivity index (χ3v) is 5.25. The van der Waals surface area contributed by atoms with Crippen LogP contribution < -0.4 is 10.2 Å². The van der Waals surface area contributed by atoms with Crippen molar-refractivity contribution in [2.24, 2.45) is 0 Å². The number of carbonyl (C=O) groups is 1. The van der Waals surface area contributed by atoms with Gasteiger partial charge >= 0.3 is 0 Å². The first-order valence-corrected chi connectivity index (χ1v) is 8.96. The normalized spacial score (nSPS) is 25.3. The Labute approximate surface area is 149 Å². The number of ether oxygens (including phenoxy) is 1. The molecule has 7 heteroatoms. The number of hydrogen-bond donors (Lipinski definition) is 1. The second-order valence-corrected chi connectivity index (χ2v) is 7.08. The second kappa shape index (κ2) is 8.12. The van der Waals surface area contributed by atoms with Crippen molar-refractivity contribution in [3.05, 3.63) is 23.9 Å². The van der Waals surface area contributed by atoms with Crippen LogP contribution in [0.4, 0.5) is 5.82 Å². The van der Waals surface area contributed by atoms with Crippen molar-refractivity contribution in [2.45, 2.75) is 25.1 Å². The van der Waals surface area contributed by atoms with E-state index in [9.17, 15) is 4.79 Å². The van der Waals surface area contributed by atoms with E-state index in [4.69, 9.17) is 4.74 Å². The van der Waals surface area contributed by atoms with Gasteiger partial charge in [-0.2, -0.15) is 0 Å². The van der Waals surface area contributed by atoms with Gasteiger partial charge in [-0.25, -0.2) is 4.98 Å². The van der Waals surface area contributed by atoms with Crippen LogP contribution in [0.3, 0.4) is 0 Å². The molecule has 0 unspecified atom stereocenters. The molecule has 0 bridgehead atoms. The molecule has 2 fully saturated rings. The fourth-order valence-electron chi connectivity index (χ4n) is 3.48. The molecule has 3 heterocycles. The minimum atomic E-state index is -0.109. The number of aromatic nitrogens is 1. The van der Waals surface area contributed by atoms with Gasteiger partial charge in [0.05, 0.1) is 12.1 Å². The molecule has 0 spiro atoms. The van der Waals surface area contributed by atoms with E-state index in [0.29, 0.717) is 6.54 Å². The predicted octanol–water partition coefficient (Wildman–Crippen LogP) is 0.169. The maximum atomic E-state index is 12.4. The van der Waals surface area contributed by atoms with Crippen molar-refractivity contribution in [3.63, 3.8) is 0 Å². The smallest absolute Gasteiger partial charge is 0.237 e. The molecule has 2 saturated heterocycles. The lowest BCUT2D eigenvalue weighted by Gasteiger charge is -2.33. The lowest BCUT2D eigenvalue weighted by Crippen LogP contribution is -2.44. The quantitative estimate of drug-likeness (QED) is 0.819. The highest BCUT2D eigenvalue weighted by molar-refractivity contribution is 5.82. The van der Waals surface area contributed by atoms with Crippen LogP contribution in [0.5, 0.6) is 0 Å². The van der Waals surface area contributed by atoms with Crippen LogP contribution in [-0.2, 0) is 16.1 Å². The van der Waals surface area contributed by atoms with E-state index in [-0.39, 0.29) is 18.1 Å². The van der Waals surface area contributed by atoms with Crippen LogP contribution in [0.2, 0.25) is 0 Å². The Balaban J connectivity index is 1.49. The summed E-state index contributed by atoms with van der Waals surface area (Å²) in [6.45, 7) is 5.46. The van der Waals surface area contributed by atoms with Gasteiger partial charge < -0.3 is 19.9 Å². The standard InChI is InChI=1S/C18H29N5O2/c1-21-6-8-23(9-7-21)17-5-4-14(11-19-17)12-20-18(24)16-10-15(25-3)13-22(16)2/h4-5,11,15-16H,6-10,12-13H2,1-3H3,(H,20,24)/t15-,16-/m0/s1. The zero-order valence-electron chi connectivity index (χ0n) is 15.4. The highest BCUT2D eigenvalue weighted by Crippen LogP contribution is 2.18. The fourth-order valence-corrected chi connectivity index (χ4v) is 3.48. The number of anilines is 1. The number of carbonyl (C=O) groups excluding carboxylic acids is 1. The maximum absolute atomic E-state index is 12.4. The van der Waals surface area contributed by atoms with Crippen molar-refractivity contribution >= 4 is 11.7 Å². The van der Waals surface area contributed by atoms with Crippen molar-refractivity contribution in [1.29, 1.82) is 0 Å². The topological polar surface area (TPSA) is 60.9 Å². The number of likely N-dealkylation sites (tertiary alicyclic amines) is 1. The molecule has 138 valence electrons. The maximum Gasteiger partial charge on any atom is 0.237 e. The van der Waals surface area contributed by atoms with Gasteiger partial charge in [0.15, 0.2) is 0 Å². The van der Waals surface area contributed by atoms with Crippen LogP contribution in [-0.4, -0.2) is 86.8 Å². The highest BCUT2D eigenvalue weighted by atomic mass is 16.5. The molecule has 1 N–H and O–H groups in total. The SMILES string of the molecule is CO[C@H]1C[C@@H](C(=O)NCc2ccc(N3CCN(C)CC3)nc2)N(C)C1. The third-order valence-electron chi connectivity index (χ3n) is 5.25. The summed E-state index contributed by atoms with van der Waals surface area (Å²) in [5.74, 6) is 1.08. The van der Waals surface area contributed by atoms with Crippen LogP contribution >= 0.6 is 0 Å². The number of nitrogens with zero attached hydrogens (tertiary/aromatic N) is 4. The first kappa shape index (κ1) is 18.1. The molecule has 1 aromatic rings. The number of amides is 1. The molecule has 0 radical (unpaired) electrons. The van der Waals surface area contributed by atoms with Crippen LogP contribution in [0.15, 0.2) is 18.3 Å².